The molecule has 1 saturated heterocycles. The first-order chi connectivity index (χ1) is 12.3. The summed E-state index contributed by atoms with van der Waals surface area (Å²) < 4.78 is 5.84. The maximum Gasteiger partial charge on any atom is 0.260 e. The molecule has 5 heteroatoms. The van der Waals surface area contributed by atoms with Crippen LogP contribution >= 0.6 is 0 Å². The van der Waals surface area contributed by atoms with Crippen LogP contribution in [0.2, 0.25) is 0 Å². The lowest BCUT2D eigenvalue weighted by Gasteiger charge is -2.31. The molecule has 1 fully saturated rings. The first-order valence-electron chi connectivity index (χ1n) is 9.60. The van der Waals surface area contributed by atoms with Crippen LogP contribution in [0.4, 0.5) is 0 Å². The van der Waals surface area contributed by atoms with E-state index in [0.717, 1.165) is 37.1 Å². The molecule has 1 aromatic carbocycles. The van der Waals surface area contributed by atoms with Crippen molar-refractivity contribution in [2.45, 2.75) is 52.4 Å². The van der Waals surface area contributed by atoms with Gasteiger partial charge in [0, 0.05) is 25.6 Å². The molecule has 0 bridgehead atoms. The van der Waals surface area contributed by atoms with Crippen LogP contribution in [0.25, 0.3) is 0 Å². The monoisotopic (exact) mass is 360 g/mol. The smallest absolute Gasteiger partial charge is 0.260 e. The number of benzene rings is 1. The molecular formula is C21H32N2O3. The summed E-state index contributed by atoms with van der Waals surface area (Å²) in [6.45, 7) is 10.4. The van der Waals surface area contributed by atoms with Gasteiger partial charge in [-0.25, -0.2) is 0 Å². The average Bonchev–Trinajstić information content (AvgIpc) is 2.63. The van der Waals surface area contributed by atoms with Gasteiger partial charge in [-0.2, -0.15) is 0 Å². The second-order valence-corrected chi connectivity index (χ2v) is 7.98. The molecular weight excluding hydrogens is 328 g/mol. The highest BCUT2D eigenvalue weighted by atomic mass is 16.5. The van der Waals surface area contributed by atoms with Crippen LogP contribution in [-0.2, 0) is 15.0 Å². The van der Waals surface area contributed by atoms with Crippen LogP contribution in [0, 0.1) is 5.92 Å². The molecule has 0 spiro atoms. The standard InChI is InChI=1S/C21H32N2O3/c1-5-12-22-20(25)16-10-13-23(14-11-16)19(24)15-26-18-9-7-6-8-17(18)21(2,3)4/h6-9,16H,5,10-15H2,1-4H3,(H,22,25). The molecule has 0 atom stereocenters. The van der Waals surface area contributed by atoms with Crippen LogP contribution in [0.1, 0.15) is 52.5 Å². The van der Waals surface area contributed by atoms with Gasteiger partial charge in [-0.3, -0.25) is 9.59 Å². The normalized spacial score (nSPS) is 15.6. The average molecular weight is 360 g/mol. The minimum atomic E-state index is -0.0379. The molecule has 0 unspecified atom stereocenters. The summed E-state index contributed by atoms with van der Waals surface area (Å²) in [5.74, 6) is 0.894. The highest BCUT2D eigenvalue weighted by molar-refractivity contribution is 5.80. The highest BCUT2D eigenvalue weighted by Gasteiger charge is 2.27. The Morgan fingerprint density at radius 1 is 1.19 bits per heavy atom. The van der Waals surface area contributed by atoms with E-state index in [1.54, 1.807) is 0 Å². The lowest BCUT2D eigenvalue weighted by Crippen LogP contribution is -2.44. The molecule has 144 valence electrons. The fourth-order valence-electron chi connectivity index (χ4n) is 3.23. The third-order valence-corrected chi connectivity index (χ3v) is 4.81. The van der Waals surface area contributed by atoms with Gasteiger partial charge in [-0.15, -0.1) is 0 Å². The Hall–Kier alpha value is -2.04. The first-order valence-corrected chi connectivity index (χ1v) is 9.60. The molecule has 26 heavy (non-hydrogen) atoms. The summed E-state index contributed by atoms with van der Waals surface area (Å²) in [4.78, 5) is 26.3. The number of ether oxygens (including phenoxy) is 1. The summed E-state index contributed by atoms with van der Waals surface area (Å²) in [6, 6.07) is 7.87. The number of likely N-dealkylation sites (tertiary alicyclic amines) is 1. The molecule has 0 aliphatic carbocycles. The Labute approximate surface area is 157 Å². The number of piperidine rings is 1. The van der Waals surface area contributed by atoms with Crippen molar-refractivity contribution in [2.75, 3.05) is 26.2 Å². The van der Waals surface area contributed by atoms with Crippen molar-refractivity contribution in [3.05, 3.63) is 29.8 Å². The van der Waals surface area contributed by atoms with E-state index >= 15 is 0 Å². The minimum absolute atomic E-state index is 0.0128. The summed E-state index contributed by atoms with van der Waals surface area (Å²) in [5, 5.41) is 2.95. The predicted octanol–water partition coefficient (Wildman–Crippen LogP) is 3.13. The Bertz CT molecular complexity index is 614. The Morgan fingerprint density at radius 3 is 2.46 bits per heavy atom. The lowest BCUT2D eigenvalue weighted by molar-refractivity contribution is -0.137. The third-order valence-electron chi connectivity index (χ3n) is 4.81. The number of hydrogen-bond acceptors (Lipinski definition) is 3. The Kier molecular flexibility index (Phi) is 7.06. The van der Waals surface area contributed by atoms with Crippen LogP contribution in [0.3, 0.4) is 0 Å². The molecule has 5 nitrogen and oxygen atoms in total. The summed E-state index contributed by atoms with van der Waals surface area (Å²) in [6.07, 6.45) is 2.39. The van der Waals surface area contributed by atoms with Gasteiger partial charge in [-0.1, -0.05) is 45.9 Å². The highest BCUT2D eigenvalue weighted by Crippen LogP contribution is 2.31. The van der Waals surface area contributed by atoms with Crippen molar-refractivity contribution in [3.63, 3.8) is 0 Å². The van der Waals surface area contributed by atoms with Gasteiger partial charge in [0.15, 0.2) is 6.61 Å². The second kappa shape index (κ2) is 9.06. The summed E-state index contributed by atoms with van der Waals surface area (Å²) in [5.41, 5.74) is 1.06. The van der Waals surface area contributed by atoms with Gasteiger partial charge >= 0.3 is 0 Å². The van der Waals surface area contributed by atoms with Crippen LogP contribution in [0.5, 0.6) is 5.75 Å². The van der Waals surface area contributed by atoms with Crippen LogP contribution in [0.15, 0.2) is 24.3 Å². The third kappa shape index (κ3) is 5.48. The van der Waals surface area contributed by atoms with Crippen LogP contribution < -0.4 is 10.1 Å². The fraction of sp³-hybridized carbons (Fsp3) is 0.619. The molecule has 2 amide bonds. The van der Waals surface area contributed by atoms with E-state index in [0.29, 0.717) is 13.1 Å². The Morgan fingerprint density at radius 2 is 1.85 bits per heavy atom. The number of amides is 2. The van der Waals surface area contributed by atoms with Crippen LogP contribution in [-0.4, -0.2) is 43.0 Å². The minimum Gasteiger partial charge on any atom is -0.483 e. The topological polar surface area (TPSA) is 58.6 Å². The molecule has 1 N–H and O–H groups in total. The van der Waals surface area contributed by atoms with Gasteiger partial charge in [0.25, 0.3) is 5.91 Å². The van der Waals surface area contributed by atoms with Crippen molar-refractivity contribution in [1.82, 2.24) is 10.2 Å². The molecule has 1 heterocycles. The molecule has 0 aromatic heterocycles. The first kappa shape index (κ1) is 20.3. The van der Waals surface area contributed by atoms with E-state index in [2.05, 4.69) is 26.1 Å². The van der Waals surface area contributed by atoms with Crippen molar-refractivity contribution >= 4 is 11.8 Å². The summed E-state index contributed by atoms with van der Waals surface area (Å²) >= 11 is 0. The lowest BCUT2D eigenvalue weighted by atomic mass is 9.86. The number of nitrogens with zero attached hydrogens (tertiary/aromatic N) is 1. The van der Waals surface area contributed by atoms with Crippen molar-refractivity contribution in [3.8, 4) is 5.75 Å². The SMILES string of the molecule is CCCNC(=O)C1CCN(C(=O)COc2ccccc2C(C)(C)C)CC1. The second-order valence-electron chi connectivity index (χ2n) is 7.98. The van der Waals surface area contributed by atoms with E-state index < -0.39 is 0 Å². The van der Waals surface area contributed by atoms with Crippen molar-refractivity contribution in [2.24, 2.45) is 5.92 Å². The maximum absolute atomic E-state index is 12.5. The summed E-state index contributed by atoms with van der Waals surface area (Å²) in [7, 11) is 0. The van der Waals surface area contributed by atoms with Gasteiger partial charge in [0.2, 0.25) is 5.91 Å². The van der Waals surface area contributed by atoms with Crippen molar-refractivity contribution < 1.29 is 14.3 Å². The zero-order chi connectivity index (χ0) is 19.2. The Balaban J connectivity index is 1.84. The van der Waals surface area contributed by atoms with E-state index in [1.165, 1.54) is 0 Å². The number of para-hydroxylation sites is 1. The molecule has 1 aliphatic rings. The molecule has 1 aromatic rings. The largest absolute Gasteiger partial charge is 0.483 e. The predicted molar refractivity (Wildman–Crippen MR) is 103 cm³/mol. The fourth-order valence-corrected chi connectivity index (χ4v) is 3.23. The number of rotatable bonds is 6. The quantitative estimate of drug-likeness (QED) is 0.848. The maximum atomic E-state index is 12.5. The zero-order valence-electron chi connectivity index (χ0n) is 16.5. The van der Waals surface area contributed by atoms with E-state index in [-0.39, 0.29) is 29.8 Å². The molecule has 0 saturated carbocycles. The van der Waals surface area contributed by atoms with Gasteiger partial charge in [0.1, 0.15) is 5.75 Å². The number of hydrogen-bond donors (Lipinski definition) is 1. The number of carbonyl (C=O) groups excluding carboxylic acids is 2. The van der Waals surface area contributed by atoms with Gasteiger partial charge in [0.05, 0.1) is 0 Å². The molecule has 1 aliphatic heterocycles. The molecule has 0 radical (unpaired) electrons. The van der Waals surface area contributed by atoms with Gasteiger partial charge in [-0.05, 0) is 36.3 Å². The van der Waals surface area contributed by atoms with Crippen molar-refractivity contribution in [1.29, 1.82) is 0 Å². The van der Waals surface area contributed by atoms with Gasteiger partial charge < -0.3 is 15.0 Å². The number of carbonyl (C=O) groups is 2. The van der Waals surface area contributed by atoms with E-state index in [4.69, 9.17) is 4.74 Å². The zero-order valence-corrected chi connectivity index (χ0v) is 16.5. The molecule has 2 rings (SSSR count). The van der Waals surface area contributed by atoms with E-state index in [9.17, 15) is 9.59 Å². The number of nitrogens with one attached hydrogen (secondary N) is 1. The van der Waals surface area contributed by atoms with E-state index in [1.807, 2.05) is 36.1 Å².